The summed E-state index contributed by atoms with van der Waals surface area (Å²) in [6.45, 7) is -2.07. The summed E-state index contributed by atoms with van der Waals surface area (Å²) in [5.41, 5.74) is 10.2. The van der Waals surface area contributed by atoms with E-state index in [2.05, 4.69) is 39.2 Å². The zero-order valence-electron chi connectivity index (χ0n) is 40.0. The van der Waals surface area contributed by atoms with Crippen LogP contribution >= 0.6 is 31.3 Å². The summed E-state index contributed by atoms with van der Waals surface area (Å²) in [7, 11) is -20.9. The van der Waals surface area contributed by atoms with Crippen molar-refractivity contribution in [3.63, 3.8) is 0 Å². The Morgan fingerprint density at radius 1 is 0.805 bits per heavy atom. The normalized spacial score (nSPS) is 31.4. The summed E-state index contributed by atoms with van der Waals surface area (Å²) in [4.78, 5) is 97.0. The van der Waals surface area contributed by atoms with E-state index < -0.39 is 148 Å². The van der Waals surface area contributed by atoms with E-state index >= 15 is 0 Å². The first-order valence-electron chi connectivity index (χ1n) is 22.4. The van der Waals surface area contributed by atoms with Crippen LogP contribution in [0.2, 0.25) is 0 Å². The molecule has 4 aromatic heterocycles. The number of nitrogens with one attached hydrogen (secondary N) is 3. The fourth-order valence-corrected chi connectivity index (χ4v) is 13.1. The molecule has 42 heteroatoms. The summed E-state index contributed by atoms with van der Waals surface area (Å²) >= 11 is 0. The third kappa shape index (κ3) is 12.8. The van der Waals surface area contributed by atoms with E-state index in [9.17, 15) is 72.6 Å². The number of nitrogens with zero attached hydrogens (tertiary/aromatic N) is 8. The SMILES string of the molecule is CCC(=O)NC[C@H]1[C@@H](O)[C@H](n2c[n+](C)c3c2N=C(N)NC3O)O[C@@H]1COP(=O)(O)OP(=O)(O)OP(=O)(O)OC[C@H]1O[C@@H](n2cnc3c(N)ncnc32)[C@H](OC)[C@@H]1OP(=O)(O)OC[C@H]1O[C@@H](n2ccc(=O)[nH]c2=O)[C@H](O)[C@@H]1O. The van der Waals surface area contributed by atoms with E-state index in [1.165, 1.54) is 27.1 Å². The number of phosphoric ester groups is 3. The Morgan fingerprint density at radius 2 is 1.43 bits per heavy atom. The van der Waals surface area contributed by atoms with E-state index in [1.807, 2.05) is 4.98 Å². The smallest absolute Gasteiger partial charge is 0.387 e. The second-order valence-corrected chi connectivity index (χ2v) is 23.2. The second-order valence-electron chi connectivity index (χ2n) is 17.2. The Bertz CT molecular complexity index is 3200. The molecule has 3 saturated heterocycles. The molecule has 4 aliphatic rings. The van der Waals surface area contributed by atoms with Crippen LogP contribution in [0.5, 0.6) is 0 Å². The van der Waals surface area contributed by atoms with Gasteiger partial charge in [0.1, 0.15) is 54.6 Å². The van der Waals surface area contributed by atoms with Gasteiger partial charge in [-0.15, -0.1) is 0 Å². The number of carbonyl (C=O) groups excluding carboxylic acids is 1. The van der Waals surface area contributed by atoms with E-state index in [-0.39, 0.29) is 47.4 Å². The largest absolute Gasteiger partial charge is 0.490 e. The number of aromatic nitrogens is 8. The van der Waals surface area contributed by atoms with Crippen molar-refractivity contribution in [3.05, 3.63) is 57.8 Å². The average Bonchev–Trinajstić information content (AvgIpc) is 4.19. The molecule has 17 atom stereocenters. The number of H-pyrrole nitrogens is 1. The number of phosphoric acid groups is 4. The van der Waals surface area contributed by atoms with Crippen LogP contribution in [0.4, 0.5) is 11.6 Å². The number of hydrogen-bond acceptors (Lipinski definition) is 28. The van der Waals surface area contributed by atoms with Gasteiger partial charge in [0.2, 0.25) is 24.2 Å². The summed E-state index contributed by atoms with van der Waals surface area (Å²) in [6.07, 6.45) is -14.9. The molecular formula is C35H52N13O25P4+. The number of ether oxygens (including phenoxy) is 4. The molecule has 0 radical (unpaired) electrons. The van der Waals surface area contributed by atoms with Gasteiger partial charge >= 0.3 is 37.0 Å². The lowest BCUT2D eigenvalue weighted by molar-refractivity contribution is -0.682. The molecule has 3 fully saturated rings. The molecule has 1 amide bonds. The zero-order chi connectivity index (χ0) is 56.1. The molecule has 426 valence electrons. The first-order valence-corrected chi connectivity index (χ1v) is 28.4. The molecule has 4 aromatic rings. The number of aryl methyl sites for hydroxylation is 1. The van der Waals surface area contributed by atoms with Crippen LogP contribution in [0.25, 0.3) is 11.2 Å². The molecule has 38 nitrogen and oxygen atoms in total. The monoisotopic (exact) mass is 1180 g/mol. The Hall–Kier alpha value is -4.82. The second kappa shape index (κ2) is 22.7. The third-order valence-corrected chi connectivity index (χ3v) is 17.4. The van der Waals surface area contributed by atoms with Gasteiger partial charge in [0.15, 0.2) is 36.1 Å². The number of carbonyl (C=O) groups is 1. The lowest BCUT2D eigenvalue weighted by Crippen LogP contribution is -2.43. The van der Waals surface area contributed by atoms with Crippen LogP contribution in [0.1, 0.15) is 44.0 Å². The molecule has 15 N–H and O–H groups in total. The van der Waals surface area contributed by atoms with Crippen LogP contribution < -0.4 is 37.9 Å². The predicted octanol–water partition coefficient (Wildman–Crippen LogP) is -4.37. The standard InChI is InChI=1S/C35H51N13O25P4/c1-4-18(49)38-7-14-15(68-31(22(14)51)48-13-45(2)21-29(48)43-34(37)44-30(21)54)8-66-75(58,59)72-77(62,63)73-76(60,61)67-10-17-25(26(64-3)33(70-17)47-12-41-20-27(36)39-11-40-28(20)47)71-74(56,57)65-9-16-23(52)24(53)32(69-16)46-6-5-19(50)42-35(46)55/h5-6,11-17,22-26,30-33,51-54H,4,7-10H2,1-3H3,(H10-,36,37,38,39,40,42,43,44,49,50,55,56,57,58,59,60,61,62,63)/p+1/t14-,15-,16-,17-,22-,23-,24-,25-,26-,30?,31-,32-,33-/m1/s1. The first-order chi connectivity index (χ1) is 36.1. The predicted molar refractivity (Wildman–Crippen MR) is 248 cm³/mol. The highest BCUT2D eigenvalue weighted by Crippen LogP contribution is 2.68. The van der Waals surface area contributed by atoms with Crippen LogP contribution in [0.3, 0.4) is 0 Å². The van der Waals surface area contributed by atoms with E-state index in [1.54, 1.807) is 6.92 Å². The van der Waals surface area contributed by atoms with E-state index in [0.717, 1.165) is 36.6 Å². The Morgan fingerprint density at radius 3 is 2.09 bits per heavy atom. The molecule has 4 aliphatic heterocycles. The summed E-state index contributed by atoms with van der Waals surface area (Å²) in [5, 5.41) is 48.4. The number of anilines is 1. The van der Waals surface area contributed by atoms with Crippen molar-refractivity contribution in [2.75, 3.05) is 39.2 Å². The van der Waals surface area contributed by atoms with Gasteiger partial charge in [-0.05, 0) is 0 Å². The molecule has 77 heavy (non-hydrogen) atoms. The number of amides is 1. The van der Waals surface area contributed by atoms with Gasteiger partial charge in [-0.1, -0.05) is 6.92 Å². The topological polar surface area (TPSA) is 535 Å². The highest BCUT2D eigenvalue weighted by atomic mass is 31.3. The maximum absolute atomic E-state index is 13.6. The molecule has 0 saturated carbocycles. The van der Waals surface area contributed by atoms with Gasteiger partial charge in [0.05, 0.1) is 39.3 Å². The van der Waals surface area contributed by atoms with Gasteiger partial charge in [0.25, 0.3) is 11.4 Å². The third-order valence-electron chi connectivity index (χ3n) is 12.1. The van der Waals surface area contributed by atoms with Crippen molar-refractivity contribution < 1.29 is 113 Å². The van der Waals surface area contributed by atoms with Crippen LogP contribution in [-0.2, 0) is 75.8 Å². The van der Waals surface area contributed by atoms with E-state index in [4.69, 9.17) is 48.5 Å². The molecule has 0 aromatic carbocycles. The molecule has 0 spiro atoms. The lowest BCUT2D eigenvalue weighted by atomic mass is 9.98. The van der Waals surface area contributed by atoms with Crippen molar-refractivity contribution in [3.8, 4) is 0 Å². The molecular weight excluding hydrogens is 1130 g/mol. The van der Waals surface area contributed by atoms with Crippen LogP contribution in [-0.4, -0.2) is 168 Å². The number of aliphatic imine (C=N–C) groups is 1. The Kier molecular flexibility index (Phi) is 17.2. The number of fused-ring (bicyclic) bond motifs is 2. The fraction of sp³-hybridized carbons (Fsp3) is 0.600. The van der Waals surface area contributed by atoms with Gasteiger partial charge in [-0.2, -0.15) is 18.2 Å². The highest BCUT2D eigenvalue weighted by molar-refractivity contribution is 7.66. The van der Waals surface area contributed by atoms with Crippen molar-refractivity contribution in [2.45, 2.75) is 87.1 Å². The molecule has 0 aliphatic carbocycles. The molecule has 8 heterocycles. The number of nitrogens with two attached hydrogens (primary N) is 2. The number of methoxy groups -OCH3 is 1. The van der Waals surface area contributed by atoms with Crippen LogP contribution in [0, 0.1) is 5.92 Å². The number of nitrogen functional groups attached to an aromatic ring is 1. The maximum atomic E-state index is 13.6. The minimum Gasteiger partial charge on any atom is -0.387 e. The Labute approximate surface area is 430 Å². The summed E-state index contributed by atoms with van der Waals surface area (Å²) in [5.74, 6) is -1.86. The van der Waals surface area contributed by atoms with Crippen LogP contribution in [0.15, 0.2) is 45.8 Å². The number of aliphatic hydroxyl groups excluding tert-OH is 4. The lowest BCUT2D eigenvalue weighted by Gasteiger charge is -2.26. The number of guanidine groups is 1. The van der Waals surface area contributed by atoms with Gasteiger partial charge < -0.3 is 81.0 Å². The molecule has 8 rings (SSSR count). The minimum atomic E-state index is -6.22. The van der Waals surface area contributed by atoms with E-state index in [0.29, 0.717) is 0 Å². The molecule has 0 bridgehead atoms. The highest BCUT2D eigenvalue weighted by Gasteiger charge is 2.54. The maximum Gasteiger partial charge on any atom is 0.490 e. The minimum absolute atomic E-state index is 0.00213. The first kappa shape index (κ1) is 58.3. The van der Waals surface area contributed by atoms with Gasteiger partial charge in [0, 0.05) is 38.3 Å². The number of hydrogen-bond donors (Lipinski definition) is 13. The number of rotatable bonds is 22. The number of aromatic amines is 1. The summed E-state index contributed by atoms with van der Waals surface area (Å²) in [6, 6.07) is 0.923. The van der Waals surface area contributed by atoms with Crippen molar-refractivity contribution in [1.82, 2.24) is 44.3 Å². The van der Waals surface area contributed by atoms with Crippen molar-refractivity contribution in [2.24, 2.45) is 23.7 Å². The Balaban J connectivity index is 0.944. The van der Waals surface area contributed by atoms with Crippen molar-refractivity contribution >= 4 is 66.0 Å². The quantitative estimate of drug-likeness (QED) is 0.0261. The summed E-state index contributed by atoms with van der Waals surface area (Å²) < 4.78 is 110. The van der Waals surface area contributed by atoms with Crippen molar-refractivity contribution in [1.29, 1.82) is 0 Å². The number of imidazole rings is 2. The molecule has 5 unspecified atom stereocenters. The zero-order valence-corrected chi connectivity index (χ0v) is 43.5. The average molecular weight is 1180 g/mol. The fourth-order valence-electron chi connectivity index (χ4n) is 8.59. The number of aliphatic hydroxyl groups is 4. The van der Waals surface area contributed by atoms with Gasteiger partial charge in [-0.25, -0.2) is 42.6 Å². The van der Waals surface area contributed by atoms with Gasteiger partial charge in [-0.3, -0.25) is 41.8 Å².